The molecule has 19 heavy (non-hydrogen) atoms. The number of nitrogens with one attached hydrogen (secondary N) is 1. The van der Waals surface area contributed by atoms with Crippen LogP contribution in [-0.2, 0) is 9.47 Å². The lowest BCUT2D eigenvalue weighted by Gasteiger charge is -2.05. The van der Waals surface area contributed by atoms with Crippen LogP contribution in [0.1, 0.15) is 33.5 Å². The number of amides is 1. The highest BCUT2D eigenvalue weighted by Gasteiger charge is 2.20. The summed E-state index contributed by atoms with van der Waals surface area (Å²) in [6, 6.07) is 3.81. The van der Waals surface area contributed by atoms with E-state index in [9.17, 15) is 4.79 Å². The van der Waals surface area contributed by atoms with Crippen LogP contribution < -0.4 is 5.32 Å². The Morgan fingerprint density at radius 1 is 1.53 bits per heavy atom. The summed E-state index contributed by atoms with van der Waals surface area (Å²) in [4.78, 5) is 13.7. The van der Waals surface area contributed by atoms with E-state index in [-0.39, 0.29) is 18.6 Å². The van der Waals surface area contributed by atoms with E-state index in [1.54, 1.807) is 0 Å². The van der Waals surface area contributed by atoms with Gasteiger partial charge in [-0.3, -0.25) is 4.79 Å². The first-order valence-electron chi connectivity index (χ1n) is 6.49. The summed E-state index contributed by atoms with van der Waals surface area (Å²) >= 11 is 1.49. The average Bonchev–Trinajstić information content (AvgIpc) is 3.08. The van der Waals surface area contributed by atoms with Crippen molar-refractivity contribution in [3.8, 4) is 0 Å². The van der Waals surface area contributed by atoms with Crippen LogP contribution in [0.5, 0.6) is 0 Å². The minimum Gasteiger partial charge on any atom is -0.394 e. The molecule has 1 saturated heterocycles. The molecule has 1 aromatic rings. The smallest absolute Gasteiger partial charge is 0.261 e. The lowest BCUT2D eigenvalue weighted by atomic mass is 10.2. The monoisotopic (exact) mass is 285 g/mol. The summed E-state index contributed by atoms with van der Waals surface area (Å²) in [5, 5.41) is 11.3. The molecule has 5 nitrogen and oxygen atoms in total. The summed E-state index contributed by atoms with van der Waals surface area (Å²) in [7, 11) is 0. The second-order valence-corrected chi connectivity index (χ2v) is 5.41. The largest absolute Gasteiger partial charge is 0.394 e. The van der Waals surface area contributed by atoms with Gasteiger partial charge < -0.3 is 19.9 Å². The van der Waals surface area contributed by atoms with Gasteiger partial charge in [0.05, 0.1) is 30.8 Å². The molecule has 1 atom stereocenters. The molecule has 0 radical (unpaired) electrons. The third-order valence-electron chi connectivity index (χ3n) is 2.87. The van der Waals surface area contributed by atoms with Crippen LogP contribution in [0.25, 0.3) is 0 Å². The van der Waals surface area contributed by atoms with Gasteiger partial charge in [-0.15, -0.1) is 11.3 Å². The topological polar surface area (TPSA) is 67.8 Å². The van der Waals surface area contributed by atoms with Crippen LogP contribution in [0.3, 0.4) is 0 Å². The number of carbonyl (C=O) groups excluding carboxylic acids is 1. The van der Waals surface area contributed by atoms with Crippen LogP contribution in [0.2, 0.25) is 0 Å². The zero-order valence-electron chi connectivity index (χ0n) is 10.8. The van der Waals surface area contributed by atoms with Gasteiger partial charge in [0.15, 0.2) is 0 Å². The molecule has 1 amide bonds. The Balaban J connectivity index is 1.76. The molecular formula is C13H19NO4S. The van der Waals surface area contributed by atoms with Crippen molar-refractivity contribution in [2.45, 2.75) is 18.9 Å². The van der Waals surface area contributed by atoms with Gasteiger partial charge in [-0.1, -0.05) is 0 Å². The lowest BCUT2D eigenvalue weighted by Crippen LogP contribution is -2.26. The van der Waals surface area contributed by atoms with Crippen molar-refractivity contribution < 1.29 is 19.4 Å². The van der Waals surface area contributed by atoms with Gasteiger partial charge in [-0.25, -0.2) is 0 Å². The van der Waals surface area contributed by atoms with E-state index in [4.69, 9.17) is 14.6 Å². The zero-order chi connectivity index (χ0) is 13.5. The van der Waals surface area contributed by atoms with Gasteiger partial charge in [0.1, 0.15) is 0 Å². The fourth-order valence-corrected chi connectivity index (χ4v) is 2.95. The van der Waals surface area contributed by atoms with Gasteiger partial charge in [0.25, 0.3) is 5.91 Å². The van der Waals surface area contributed by atoms with E-state index >= 15 is 0 Å². The molecule has 1 aromatic heterocycles. The highest BCUT2D eigenvalue weighted by Crippen LogP contribution is 2.33. The molecule has 2 heterocycles. The van der Waals surface area contributed by atoms with Gasteiger partial charge >= 0.3 is 0 Å². The van der Waals surface area contributed by atoms with Crippen molar-refractivity contribution in [3.63, 3.8) is 0 Å². The van der Waals surface area contributed by atoms with Crippen LogP contribution in [0.4, 0.5) is 0 Å². The van der Waals surface area contributed by atoms with Crippen molar-refractivity contribution in [1.29, 1.82) is 0 Å². The maximum atomic E-state index is 11.9. The summed E-state index contributed by atoms with van der Waals surface area (Å²) < 4.78 is 10.7. The summed E-state index contributed by atoms with van der Waals surface area (Å²) in [5.41, 5.74) is 0. The Hall–Kier alpha value is -0.950. The summed E-state index contributed by atoms with van der Waals surface area (Å²) in [6.07, 6.45) is 2.29. The highest BCUT2D eigenvalue weighted by molar-refractivity contribution is 7.14. The van der Waals surface area contributed by atoms with Gasteiger partial charge in [0, 0.05) is 18.0 Å². The molecule has 0 unspecified atom stereocenters. The SMILES string of the molecule is O=C(NCCOCCO)c1ccc([C@@H]2CCCO2)s1. The maximum absolute atomic E-state index is 11.9. The molecule has 0 bridgehead atoms. The molecule has 0 aromatic carbocycles. The first-order valence-corrected chi connectivity index (χ1v) is 7.31. The van der Waals surface area contributed by atoms with E-state index in [1.807, 2.05) is 12.1 Å². The molecule has 0 spiro atoms. The number of rotatable bonds is 7. The van der Waals surface area contributed by atoms with E-state index in [0.29, 0.717) is 24.6 Å². The molecule has 0 aliphatic carbocycles. The van der Waals surface area contributed by atoms with E-state index in [1.165, 1.54) is 11.3 Å². The first-order chi connectivity index (χ1) is 9.31. The van der Waals surface area contributed by atoms with Crippen molar-refractivity contribution in [2.24, 2.45) is 0 Å². The third-order valence-corrected chi connectivity index (χ3v) is 4.04. The molecule has 1 fully saturated rings. The Kier molecular flexibility index (Phi) is 5.78. The molecule has 2 rings (SSSR count). The fraction of sp³-hybridized carbons (Fsp3) is 0.615. The number of thiophene rings is 1. The van der Waals surface area contributed by atoms with Crippen LogP contribution in [0, 0.1) is 0 Å². The van der Waals surface area contributed by atoms with Crippen molar-refractivity contribution in [3.05, 3.63) is 21.9 Å². The van der Waals surface area contributed by atoms with Crippen molar-refractivity contribution in [2.75, 3.05) is 33.0 Å². The van der Waals surface area contributed by atoms with Crippen LogP contribution >= 0.6 is 11.3 Å². The predicted molar refractivity (Wildman–Crippen MR) is 72.5 cm³/mol. The second-order valence-electron chi connectivity index (χ2n) is 4.30. The Morgan fingerprint density at radius 2 is 2.42 bits per heavy atom. The minimum atomic E-state index is -0.0816. The number of aliphatic hydroxyl groups excluding tert-OH is 1. The Bertz CT molecular complexity index is 401. The van der Waals surface area contributed by atoms with Crippen molar-refractivity contribution in [1.82, 2.24) is 5.32 Å². The Labute approximate surface area is 116 Å². The molecule has 106 valence electrons. The third kappa shape index (κ3) is 4.28. The normalized spacial score (nSPS) is 18.7. The quantitative estimate of drug-likeness (QED) is 0.742. The highest BCUT2D eigenvalue weighted by atomic mass is 32.1. The molecule has 6 heteroatoms. The maximum Gasteiger partial charge on any atom is 0.261 e. The number of hydrogen-bond acceptors (Lipinski definition) is 5. The molecule has 1 aliphatic rings. The number of ether oxygens (including phenoxy) is 2. The molecule has 0 saturated carbocycles. The van der Waals surface area contributed by atoms with E-state index in [0.717, 1.165) is 24.3 Å². The number of hydrogen-bond donors (Lipinski definition) is 2. The molecule has 1 aliphatic heterocycles. The minimum absolute atomic E-state index is 0.00359. The first kappa shape index (κ1) is 14.5. The number of aliphatic hydroxyl groups is 1. The zero-order valence-corrected chi connectivity index (χ0v) is 11.6. The van der Waals surface area contributed by atoms with Crippen molar-refractivity contribution >= 4 is 17.2 Å². The molecule has 2 N–H and O–H groups in total. The predicted octanol–water partition coefficient (Wildman–Crippen LogP) is 1.34. The summed E-state index contributed by atoms with van der Waals surface area (Å²) in [5.74, 6) is -0.0816. The van der Waals surface area contributed by atoms with Gasteiger partial charge in [-0.05, 0) is 25.0 Å². The second kappa shape index (κ2) is 7.59. The van der Waals surface area contributed by atoms with Crippen LogP contribution in [0.15, 0.2) is 12.1 Å². The Morgan fingerprint density at radius 3 is 3.16 bits per heavy atom. The van der Waals surface area contributed by atoms with E-state index in [2.05, 4.69) is 5.32 Å². The summed E-state index contributed by atoms with van der Waals surface area (Å²) in [6.45, 7) is 1.98. The van der Waals surface area contributed by atoms with Gasteiger partial charge in [-0.2, -0.15) is 0 Å². The average molecular weight is 285 g/mol. The number of carbonyl (C=O) groups is 1. The van der Waals surface area contributed by atoms with Crippen LogP contribution in [-0.4, -0.2) is 44.0 Å². The standard InChI is InChI=1S/C13H19NO4S/c15-6-9-17-8-5-14-13(16)12-4-3-11(19-12)10-2-1-7-18-10/h3-4,10,15H,1-2,5-9H2,(H,14,16)/t10-/m0/s1. The lowest BCUT2D eigenvalue weighted by molar-refractivity contribution is 0.0840. The van der Waals surface area contributed by atoms with E-state index < -0.39 is 0 Å². The molecular weight excluding hydrogens is 266 g/mol. The fourth-order valence-electron chi connectivity index (χ4n) is 1.94. The van der Waals surface area contributed by atoms with Gasteiger partial charge in [0.2, 0.25) is 0 Å².